The lowest BCUT2D eigenvalue weighted by molar-refractivity contribution is 0.0606. The Morgan fingerprint density at radius 3 is 2.61 bits per heavy atom. The average Bonchev–Trinajstić information content (AvgIpc) is 3.28. The number of hydrogen-bond donors (Lipinski definition) is 1. The minimum Gasteiger partial charge on any atom is -0.490 e. The Labute approximate surface area is 194 Å². The van der Waals surface area contributed by atoms with E-state index in [0.29, 0.717) is 34.1 Å². The number of benzene rings is 2. The number of rotatable bonds is 3. The van der Waals surface area contributed by atoms with Crippen molar-refractivity contribution in [3.05, 3.63) is 69.8 Å². The first kappa shape index (κ1) is 22.3. The molecule has 0 saturated heterocycles. The van der Waals surface area contributed by atoms with Gasteiger partial charge in [0.25, 0.3) is 5.56 Å². The molecule has 2 N–H and O–H groups in total. The second-order valence-electron chi connectivity index (χ2n) is 6.92. The number of esters is 1. The summed E-state index contributed by atoms with van der Waals surface area (Å²) in [4.78, 5) is 32.1. The van der Waals surface area contributed by atoms with Crippen molar-refractivity contribution < 1.29 is 14.3 Å². The quantitative estimate of drug-likeness (QED) is 0.449. The van der Waals surface area contributed by atoms with Crippen LogP contribution in [0.4, 0.5) is 17.2 Å². The second kappa shape index (κ2) is 9.33. The van der Waals surface area contributed by atoms with Crippen molar-refractivity contribution in [2.45, 2.75) is 13.8 Å². The standard InChI is InChI=1S/C22H18N4O4S.C2H6/c1-29-22(28)18-12-16-20(31-18)24-19(23)21(27)26(16)14-7-8-17-15(11-14)25(9-10-30-17)13-5-3-2-4-6-13;1-2/h2-8,11-12H,9-10H2,1H3,(H2,23,24);1-2H3. The van der Waals surface area contributed by atoms with Crippen LogP contribution in [0.25, 0.3) is 16.0 Å². The van der Waals surface area contributed by atoms with Crippen LogP contribution in [-0.4, -0.2) is 35.8 Å². The number of hydrogen-bond acceptors (Lipinski definition) is 8. The van der Waals surface area contributed by atoms with Gasteiger partial charge in [0.2, 0.25) is 0 Å². The molecule has 3 heterocycles. The Kier molecular flexibility index (Phi) is 6.32. The maximum Gasteiger partial charge on any atom is 0.348 e. The van der Waals surface area contributed by atoms with Gasteiger partial charge in [-0.3, -0.25) is 9.36 Å². The van der Waals surface area contributed by atoms with Gasteiger partial charge in [0.1, 0.15) is 22.1 Å². The van der Waals surface area contributed by atoms with Gasteiger partial charge < -0.3 is 20.1 Å². The van der Waals surface area contributed by atoms with Crippen molar-refractivity contribution in [2.75, 3.05) is 30.9 Å². The highest BCUT2D eigenvalue weighted by atomic mass is 32.1. The molecule has 8 nitrogen and oxygen atoms in total. The molecule has 0 bridgehead atoms. The van der Waals surface area contributed by atoms with E-state index in [1.807, 2.05) is 56.3 Å². The summed E-state index contributed by atoms with van der Waals surface area (Å²) in [6, 6.07) is 17.1. The molecule has 0 fully saturated rings. The number of ether oxygens (including phenoxy) is 2. The summed E-state index contributed by atoms with van der Waals surface area (Å²) in [5.41, 5.74) is 8.42. The van der Waals surface area contributed by atoms with Crippen molar-refractivity contribution >= 4 is 44.8 Å². The highest BCUT2D eigenvalue weighted by Crippen LogP contribution is 2.38. The van der Waals surface area contributed by atoms with E-state index in [2.05, 4.69) is 9.88 Å². The van der Waals surface area contributed by atoms with Gasteiger partial charge in [-0.2, -0.15) is 0 Å². The zero-order valence-electron chi connectivity index (χ0n) is 18.6. The molecule has 0 saturated carbocycles. The first-order valence-electron chi connectivity index (χ1n) is 10.6. The molecule has 9 heteroatoms. The van der Waals surface area contributed by atoms with Crippen LogP contribution >= 0.6 is 11.3 Å². The van der Waals surface area contributed by atoms with E-state index in [1.165, 1.54) is 11.7 Å². The molecule has 1 aliphatic rings. The van der Waals surface area contributed by atoms with Crippen molar-refractivity contribution in [1.29, 1.82) is 0 Å². The van der Waals surface area contributed by atoms with Gasteiger partial charge in [0, 0.05) is 5.69 Å². The Morgan fingerprint density at radius 1 is 1.12 bits per heavy atom. The fraction of sp³-hybridized carbons (Fsp3) is 0.208. The highest BCUT2D eigenvalue weighted by molar-refractivity contribution is 7.20. The van der Waals surface area contributed by atoms with Gasteiger partial charge in [0.15, 0.2) is 5.82 Å². The van der Waals surface area contributed by atoms with Crippen LogP contribution in [0, 0.1) is 0 Å². The molecule has 0 amide bonds. The summed E-state index contributed by atoms with van der Waals surface area (Å²) in [6.45, 7) is 5.23. The predicted molar refractivity (Wildman–Crippen MR) is 131 cm³/mol. The van der Waals surface area contributed by atoms with Crippen LogP contribution < -0.4 is 20.9 Å². The molecule has 2 aromatic carbocycles. The third-order valence-corrected chi connectivity index (χ3v) is 6.10. The minimum atomic E-state index is -0.491. The van der Waals surface area contributed by atoms with E-state index >= 15 is 0 Å². The normalized spacial score (nSPS) is 12.4. The molecule has 0 unspecified atom stereocenters. The zero-order valence-corrected chi connectivity index (χ0v) is 19.4. The molecule has 0 aliphatic carbocycles. The van der Waals surface area contributed by atoms with E-state index in [1.54, 1.807) is 12.1 Å². The van der Waals surface area contributed by atoms with Crippen LogP contribution in [0.1, 0.15) is 23.5 Å². The molecule has 0 radical (unpaired) electrons. The zero-order chi connectivity index (χ0) is 23.5. The smallest absolute Gasteiger partial charge is 0.348 e. The number of carbonyl (C=O) groups is 1. The van der Waals surface area contributed by atoms with Gasteiger partial charge in [-0.25, -0.2) is 9.78 Å². The van der Waals surface area contributed by atoms with Crippen LogP contribution in [0.3, 0.4) is 0 Å². The molecule has 4 aromatic rings. The van der Waals surface area contributed by atoms with E-state index in [0.717, 1.165) is 28.5 Å². The molecule has 170 valence electrons. The number of thiophene rings is 1. The number of nitrogen functional groups attached to an aromatic ring is 1. The molecule has 33 heavy (non-hydrogen) atoms. The molecule has 2 aromatic heterocycles. The van der Waals surface area contributed by atoms with E-state index in [4.69, 9.17) is 15.2 Å². The van der Waals surface area contributed by atoms with Crippen LogP contribution in [0.2, 0.25) is 0 Å². The third kappa shape index (κ3) is 4.03. The SMILES string of the molecule is CC.COC(=O)c1cc2c(nc(N)c(=O)n2-c2ccc3c(c2)N(c2ccccc2)CCO3)s1. The first-order chi connectivity index (χ1) is 16.1. The number of nitrogens with two attached hydrogens (primary N) is 1. The molecule has 0 spiro atoms. The Morgan fingerprint density at radius 2 is 1.88 bits per heavy atom. The topological polar surface area (TPSA) is 99.7 Å². The summed E-state index contributed by atoms with van der Waals surface area (Å²) in [5.74, 6) is 0.0973. The second-order valence-corrected chi connectivity index (χ2v) is 7.95. The summed E-state index contributed by atoms with van der Waals surface area (Å²) >= 11 is 1.13. The lowest BCUT2D eigenvalue weighted by Gasteiger charge is -2.31. The Balaban J connectivity index is 0.00000126. The van der Waals surface area contributed by atoms with E-state index in [9.17, 15) is 9.59 Å². The third-order valence-electron chi connectivity index (χ3n) is 5.10. The number of aromatic nitrogens is 2. The van der Waals surface area contributed by atoms with Crippen molar-refractivity contribution in [3.63, 3.8) is 0 Å². The van der Waals surface area contributed by atoms with Crippen molar-refractivity contribution in [2.24, 2.45) is 0 Å². The average molecular weight is 465 g/mol. The maximum absolute atomic E-state index is 13.0. The maximum atomic E-state index is 13.0. The summed E-state index contributed by atoms with van der Waals surface area (Å²) in [7, 11) is 1.31. The number of nitrogens with zero attached hydrogens (tertiary/aromatic N) is 3. The van der Waals surface area contributed by atoms with Gasteiger partial charge in [-0.1, -0.05) is 32.0 Å². The van der Waals surface area contributed by atoms with Gasteiger partial charge in [-0.05, 0) is 36.4 Å². The molecular weight excluding hydrogens is 440 g/mol. The summed E-state index contributed by atoms with van der Waals surface area (Å²) < 4.78 is 12.1. The lowest BCUT2D eigenvalue weighted by Crippen LogP contribution is -2.29. The largest absolute Gasteiger partial charge is 0.490 e. The number of anilines is 3. The molecule has 1 aliphatic heterocycles. The van der Waals surface area contributed by atoms with Crippen molar-refractivity contribution in [3.8, 4) is 11.4 Å². The number of para-hydroxylation sites is 1. The van der Waals surface area contributed by atoms with Gasteiger partial charge in [0.05, 0.1) is 30.5 Å². The number of carbonyl (C=O) groups excluding carboxylic acids is 1. The monoisotopic (exact) mass is 464 g/mol. The number of fused-ring (bicyclic) bond motifs is 2. The fourth-order valence-electron chi connectivity index (χ4n) is 3.67. The van der Waals surface area contributed by atoms with E-state index < -0.39 is 11.5 Å². The number of methoxy groups -OCH3 is 1. The first-order valence-corrected chi connectivity index (χ1v) is 11.4. The molecule has 5 rings (SSSR count). The summed E-state index contributed by atoms with van der Waals surface area (Å²) in [5, 5.41) is 0. The fourth-order valence-corrected chi connectivity index (χ4v) is 4.62. The Hall–Kier alpha value is -3.85. The minimum absolute atomic E-state index is 0.139. The predicted octanol–water partition coefficient (Wildman–Crippen LogP) is 4.37. The molecule has 0 atom stereocenters. The Bertz CT molecular complexity index is 1360. The molecular formula is C24H24N4O4S. The van der Waals surface area contributed by atoms with E-state index in [-0.39, 0.29) is 5.82 Å². The highest BCUT2D eigenvalue weighted by Gasteiger charge is 2.22. The van der Waals surface area contributed by atoms with Crippen LogP contribution in [0.5, 0.6) is 5.75 Å². The van der Waals surface area contributed by atoms with Crippen LogP contribution in [-0.2, 0) is 4.74 Å². The lowest BCUT2D eigenvalue weighted by atomic mass is 10.1. The van der Waals surface area contributed by atoms with Gasteiger partial charge in [-0.15, -0.1) is 11.3 Å². The van der Waals surface area contributed by atoms with Gasteiger partial charge >= 0.3 is 5.97 Å². The summed E-state index contributed by atoms with van der Waals surface area (Å²) in [6.07, 6.45) is 0. The van der Waals surface area contributed by atoms with Crippen molar-refractivity contribution in [1.82, 2.24) is 9.55 Å². The van der Waals surface area contributed by atoms with Crippen LogP contribution in [0.15, 0.2) is 59.4 Å².